The number of nitrogens with zero attached hydrogens (tertiary/aromatic N) is 4. The Morgan fingerprint density at radius 2 is 2.26 bits per heavy atom. The van der Waals surface area contributed by atoms with Gasteiger partial charge in [0.05, 0.1) is 34.6 Å². The molecule has 0 radical (unpaired) electrons. The zero-order chi connectivity index (χ0) is 18.8. The van der Waals surface area contributed by atoms with Crippen molar-refractivity contribution in [2.24, 2.45) is 0 Å². The Hall–Kier alpha value is -2.58. The van der Waals surface area contributed by atoms with E-state index in [1.54, 1.807) is 29.3 Å². The van der Waals surface area contributed by atoms with Gasteiger partial charge in [-0.1, -0.05) is 6.07 Å². The molecule has 1 N–H and O–H groups in total. The Labute approximate surface area is 161 Å². The van der Waals surface area contributed by atoms with E-state index in [0.717, 1.165) is 34.7 Å². The van der Waals surface area contributed by atoms with Gasteiger partial charge in [-0.05, 0) is 36.8 Å². The third-order valence-electron chi connectivity index (χ3n) is 4.51. The van der Waals surface area contributed by atoms with Crippen LogP contribution in [-0.4, -0.2) is 45.9 Å². The van der Waals surface area contributed by atoms with Crippen LogP contribution in [0.15, 0.2) is 29.9 Å². The molecule has 1 aliphatic carbocycles. The van der Waals surface area contributed by atoms with E-state index in [-0.39, 0.29) is 5.91 Å². The number of ether oxygens (including phenoxy) is 1. The van der Waals surface area contributed by atoms with Crippen molar-refractivity contribution in [3.8, 4) is 16.5 Å². The number of rotatable bonds is 7. The molecule has 3 aromatic heterocycles. The molecule has 0 spiro atoms. The maximum Gasteiger partial charge on any atom is 0.254 e. The highest BCUT2D eigenvalue weighted by atomic mass is 32.1. The van der Waals surface area contributed by atoms with Gasteiger partial charge in [-0.15, -0.1) is 11.3 Å². The Morgan fingerprint density at radius 3 is 2.96 bits per heavy atom. The summed E-state index contributed by atoms with van der Waals surface area (Å²) < 4.78 is 6.72. The van der Waals surface area contributed by atoms with Crippen LogP contribution in [0.2, 0.25) is 0 Å². The molecule has 8 heteroatoms. The molecule has 0 unspecified atom stereocenters. The first-order valence-corrected chi connectivity index (χ1v) is 9.80. The molecule has 3 heterocycles. The highest BCUT2D eigenvalue weighted by Gasteiger charge is 2.33. The van der Waals surface area contributed by atoms with Gasteiger partial charge in [-0.3, -0.25) is 4.79 Å². The third-order valence-corrected chi connectivity index (χ3v) is 5.39. The van der Waals surface area contributed by atoms with Gasteiger partial charge in [0.1, 0.15) is 0 Å². The molecule has 27 heavy (non-hydrogen) atoms. The van der Waals surface area contributed by atoms with E-state index in [9.17, 15) is 4.79 Å². The molecule has 1 fully saturated rings. The predicted octanol–water partition coefficient (Wildman–Crippen LogP) is 2.95. The van der Waals surface area contributed by atoms with Crippen LogP contribution in [0.1, 0.15) is 40.4 Å². The fraction of sp³-hybridized carbons (Fsp3) is 0.368. The van der Waals surface area contributed by atoms with Gasteiger partial charge in [0.15, 0.2) is 0 Å². The highest BCUT2D eigenvalue weighted by molar-refractivity contribution is 7.13. The first-order valence-electron chi connectivity index (χ1n) is 8.92. The predicted molar refractivity (Wildman–Crippen MR) is 103 cm³/mol. The molecule has 0 atom stereocenters. The second-order valence-corrected chi connectivity index (χ2v) is 7.50. The van der Waals surface area contributed by atoms with E-state index < -0.39 is 0 Å². The van der Waals surface area contributed by atoms with E-state index in [2.05, 4.69) is 15.4 Å². The molecular weight excluding hydrogens is 362 g/mol. The maximum atomic E-state index is 12.6. The van der Waals surface area contributed by atoms with Crippen LogP contribution in [0.25, 0.3) is 16.5 Å². The van der Waals surface area contributed by atoms with Crippen molar-refractivity contribution in [2.45, 2.75) is 25.7 Å². The Morgan fingerprint density at radius 1 is 1.41 bits per heavy atom. The van der Waals surface area contributed by atoms with Gasteiger partial charge in [0.25, 0.3) is 11.9 Å². The molecule has 1 aliphatic rings. The lowest BCUT2D eigenvalue weighted by atomic mass is 10.1. The molecule has 1 saturated carbocycles. The number of amides is 1. The summed E-state index contributed by atoms with van der Waals surface area (Å²) in [6, 6.07) is 4.05. The van der Waals surface area contributed by atoms with Crippen molar-refractivity contribution in [2.75, 3.05) is 20.3 Å². The lowest BCUT2D eigenvalue weighted by Gasteiger charge is -2.10. The van der Waals surface area contributed by atoms with Crippen LogP contribution in [0.5, 0.6) is 0 Å². The number of nitrogens with one attached hydrogen (secondary N) is 1. The summed E-state index contributed by atoms with van der Waals surface area (Å²) in [6.07, 6.45) is 5.53. The molecule has 0 aliphatic heterocycles. The zero-order valence-electron chi connectivity index (χ0n) is 15.3. The number of carbonyl (C=O) groups excluding carboxylic acids is 1. The van der Waals surface area contributed by atoms with Gasteiger partial charge >= 0.3 is 0 Å². The van der Waals surface area contributed by atoms with Crippen molar-refractivity contribution in [3.05, 3.63) is 46.7 Å². The highest BCUT2D eigenvalue weighted by Crippen LogP contribution is 2.42. The molecule has 0 saturated heterocycles. The third kappa shape index (κ3) is 3.63. The van der Waals surface area contributed by atoms with Crippen molar-refractivity contribution < 1.29 is 9.53 Å². The monoisotopic (exact) mass is 383 g/mol. The van der Waals surface area contributed by atoms with Crippen LogP contribution in [0, 0.1) is 6.92 Å². The lowest BCUT2D eigenvalue weighted by molar-refractivity contribution is 0.0936. The Kier molecular flexibility index (Phi) is 5.00. The molecule has 1 amide bonds. The van der Waals surface area contributed by atoms with Crippen LogP contribution < -0.4 is 5.32 Å². The van der Waals surface area contributed by atoms with Crippen molar-refractivity contribution in [1.82, 2.24) is 25.1 Å². The maximum absolute atomic E-state index is 12.6. The van der Waals surface area contributed by atoms with Crippen LogP contribution in [0.4, 0.5) is 0 Å². The summed E-state index contributed by atoms with van der Waals surface area (Å²) in [4.78, 5) is 22.9. The summed E-state index contributed by atoms with van der Waals surface area (Å²) in [5, 5.41) is 9.36. The summed E-state index contributed by atoms with van der Waals surface area (Å²) in [5.41, 5.74) is 3.40. The van der Waals surface area contributed by atoms with E-state index in [4.69, 9.17) is 9.72 Å². The number of hydrogen-bond donors (Lipinski definition) is 1. The standard InChI is InChI=1S/C19H21N5O2S/c1-12-10-21-19(23-16(12)15-4-3-9-27-15)24-17(13-5-6-13)14(11-22-24)18(25)20-7-8-26-2/h3-4,9-11,13H,5-8H2,1-2H3,(H,20,25). The Balaban J connectivity index is 1.70. The first-order chi connectivity index (χ1) is 13.2. The fourth-order valence-electron chi connectivity index (χ4n) is 3.00. The molecule has 0 aromatic carbocycles. The number of methoxy groups -OCH3 is 1. The fourth-order valence-corrected chi connectivity index (χ4v) is 3.78. The van der Waals surface area contributed by atoms with Crippen LogP contribution >= 0.6 is 11.3 Å². The van der Waals surface area contributed by atoms with Gasteiger partial charge in [-0.25, -0.2) is 14.6 Å². The van der Waals surface area contributed by atoms with E-state index in [1.165, 1.54) is 0 Å². The minimum absolute atomic E-state index is 0.134. The summed E-state index contributed by atoms with van der Waals surface area (Å²) in [5.74, 6) is 0.693. The number of thiophene rings is 1. The van der Waals surface area contributed by atoms with E-state index in [0.29, 0.717) is 30.6 Å². The minimum atomic E-state index is -0.134. The van der Waals surface area contributed by atoms with Crippen LogP contribution in [-0.2, 0) is 4.74 Å². The molecule has 7 nitrogen and oxygen atoms in total. The van der Waals surface area contributed by atoms with E-state index >= 15 is 0 Å². The van der Waals surface area contributed by atoms with Crippen molar-refractivity contribution in [3.63, 3.8) is 0 Å². The second kappa shape index (κ2) is 7.58. The summed E-state index contributed by atoms with van der Waals surface area (Å²) in [6.45, 7) is 2.94. The average molecular weight is 383 g/mol. The molecular formula is C19H21N5O2S. The van der Waals surface area contributed by atoms with Gasteiger partial charge < -0.3 is 10.1 Å². The van der Waals surface area contributed by atoms with Crippen LogP contribution in [0.3, 0.4) is 0 Å². The molecule has 0 bridgehead atoms. The average Bonchev–Trinajstić information content (AvgIpc) is 3.19. The second-order valence-electron chi connectivity index (χ2n) is 6.56. The summed E-state index contributed by atoms with van der Waals surface area (Å²) >= 11 is 1.64. The number of carbonyl (C=O) groups is 1. The first kappa shape index (κ1) is 17.8. The minimum Gasteiger partial charge on any atom is -0.383 e. The Bertz CT molecular complexity index is 947. The summed E-state index contributed by atoms with van der Waals surface area (Å²) in [7, 11) is 1.61. The zero-order valence-corrected chi connectivity index (χ0v) is 16.1. The van der Waals surface area contributed by atoms with Gasteiger partial charge in [-0.2, -0.15) is 5.10 Å². The number of aryl methyl sites for hydroxylation is 1. The normalized spacial score (nSPS) is 13.7. The van der Waals surface area contributed by atoms with Crippen molar-refractivity contribution >= 4 is 17.2 Å². The molecule has 3 aromatic rings. The topological polar surface area (TPSA) is 81.9 Å². The van der Waals surface area contributed by atoms with Crippen molar-refractivity contribution in [1.29, 1.82) is 0 Å². The number of hydrogen-bond acceptors (Lipinski definition) is 6. The molecule has 140 valence electrons. The van der Waals surface area contributed by atoms with Gasteiger partial charge in [0, 0.05) is 25.8 Å². The molecule has 4 rings (SSSR count). The smallest absolute Gasteiger partial charge is 0.254 e. The SMILES string of the molecule is COCCNC(=O)c1cnn(-c2ncc(C)c(-c3cccs3)n2)c1C1CC1. The number of aromatic nitrogens is 4. The van der Waals surface area contributed by atoms with Gasteiger partial charge in [0.2, 0.25) is 0 Å². The lowest BCUT2D eigenvalue weighted by Crippen LogP contribution is -2.27. The quantitative estimate of drug-likeness (QED) is 0.635. The van der Waals surface area contributed by atoms with E-state index in [1.807, 2.05) is 30.6 Å². The largest absolute Gasteiger partial charge is 0.383 e.